The van der Waals surface area contributed by atoms with Gasteiger partial charge in [0.25, 0.3) is 5.91 Å². The summed E-state index contributed by atoms with van der Waals surface area (Å²) in [4.78, 5) is 11.8. The van der Waals surface area contributed by atoms with Gasteiger partial charge in [0.2, 0.25) is 0 Å². The number of carbonyl (C=O) groups is 1. The predicted molar refractivity (Wildman–Crippen MR) is 65.2 cm³/mol. The van der Waals surface area contributed by atoms with Crippen LogP contribution in [0.3, 0.4) is 0 Å². The van der Waals surface area contributed by atoms with Crippen LogP contribution in [0.15, 0.2) is 42.5 Å². The molecule has 3 N–H and O–H groups in total. The van der Waals surface area contributed by atoms with E-state index < -0.39 is 17.5 Å². The van der Waals surface area contributed by atoms with E-state index in [0.29, 0.717) is 11.3 Å². The van der Waals surface area contributed by atoms with E-state index in [0.717, 1.165) is 12.1 Å². The van der Waals surface area contributed by atoms with Crippen molar-refractivity contribution in [3.05, 3.63) is 59.7 Å². The first-order valence-corrected chi connectivity index (χ1v) is 5.18. The molecule has 0 aliphatic rings. The van der Waals surface area contributed by atoms with E-state index in [1.807, 2.05) is 0 Å². The van der Waals surface area contributed by atoms with Gasteiger partial charge in [0.05, 0.1) is 0 Å². The molecule has 0 unspecified atom stereocenters. The summed E-state index contributed by atoms with van der Waals surface area (Å²) in [5.41, 5.74) is 6.52. The number of amides is 1. The van der Waals surface area contributed by atoms with Crippen LogP contribution < -0.4 is 11.1 Å². The number of anilines is 2. The second-order valence-corrected chi connectivity index (χ2v) is 3.71. The van der Waals surface area contributed by atoms with Gasteiger partial charge >= 0.3 is 0 Å². The highest BCUT2D eigenvalue weighted by molar-refractivity contribution is 6.04. The Morgan fingerprint density at radius 3 is 2.50 bits per heavy atom. The van der Waals surface area contributed by atoms with E-state index in [4.69, 9.17) is 5.73 Å². The van der Waals surface area contributed by atoms with Crippen LogP contribution >= 0.6 is 0 Å². The molecule has 0 aliphatic carbocycles. The van der Waals surface area contributed by atoms with Crippen LogP contribution in [0.5, 0.6) is 0 Å². The second kappa shape index (κ2) is 4.83. The van der Waals surface area contributed by atoms with Gasteiger partial charge in [-0.2, -0.15) is 0 Å². The fourth-order valence-electron chi connectivity index (χ4n) is 1.46. The molecule has 3 nitrogen and oxygen atoms in total. The minimum atomic E-state index is -1.01. The standard InChI is InChI=1S/C13H10F2N2O/c14-11-5-4-10(7-12(11)15)17-13(18)8-2-1-3-9(16)6-8/h1-7H,16H2,(H,17,18). The normalized spacial score (nSPS) is 10.1. The number of nitrogen functional groups attached to an aromatic ring is 1. The van der Waals surface area contributed by atoms with Crippen molar-refractivity contribution >= 4 is 17.3 Å². The molecular formula is C13H10F2N2O. The molecule has 92 valence electrons. The zero-order valence-corrected chi connectivity index (χ0v) is 9.28. The lowest BCUT2D eigenvalue weighted by Gasteiger charge is -2.06. The molecule has 2 rings (SSSR count). The van der Waals surface area contributed by atoms with Crippen molar-refractivity contribution in [3.63, 3.8) is 0 Å². The second-order valence-electron chi connectivity index (χ2n) is 3.71. The molecule has 0 aliphatic heterocycles. The highest BCUT2D eigenvalue weighted by Crippen LogP contribution is 2.15. The predicted octanol–water partition coefficient (Wildman–Crippen LogP) is 2.80. The fraction of sp³-hybridized carbons (Fsp3) is 0. The van der Waals surface area contributed by atoms with Crippen LogP contribution in [0.25, 0.3) is 0 Å². The number of rotatable bonds is 2. The highest BCUT2D eigenvalue weighted by Gasteiger charge is 2.08. The fourth-order valence-corrected chi connectivity index (χ4v) is 1.46. The van der Waals surface area contributed by atoms with Gasteiger partial charge in [-0.25, -0.2) is 8.78 Å². The number of nitrogens with two attached hydrogens (primary N) is 1. The number of benzene rings is 2. The van der Waals surface area contributed by atoms with E-state index >= 15 is 0 Å². The van der Waals surface area contributed by atoms with E-state index in [-0.39, 0.29) is 5.69 Å². The van der Waals surface area contributed by atoms with Crippen LogP contribution in [-0.4, -0.2) is 5.91 Å². The van der Waals surface area contributed by atoms with Crippen LogP contribution in [0.4, 0.5) is 20.2 Å². The number of carbonyl (C=O) groups excluding carboxylic acids is 1. The SMILES string of the molecule is Nc1cccc(C(=O)Nc2ccc(F)c(F)c2)c1. The molecule has 18 heavy (non-hydrogen) atoms. The number of hydrogen-bond donors (Lipinski definition) is 2. The van der Waals surface area contributed by atoms with Crippen molar-refractivity contribution in [1.82, 2.24) is 0 Å². The summed E-state index contributed by atoms with van der Waals surface area (Å²) in [6.07, 6.45) is 0. The molecular weight excluding hydrogens is 238 g/mol. The Labute approximate surface area is 102 Å². The summed E-state index contributed by atoms with van der Waals surface area (Å²) in [6, 6.07) is 9.50. The molecule has 2 aromatic carbocycles. The summed E-state index contributed by atoms with van der Waals surface area (Å²) in [5, 5.41) is 2.45. The quantitative estimate of drug-likeness (QED) is 0.803. The summed E-state index contributed by atoms with van der Waals surface area (Å²) in [5.74, 6) is -2.41. The molecule has 0 radical (unpaired) electrons. The Morgan fingerprint density at radius 2 is 1.83 bits per heavy atom. The molecule has 0 bridgehead atoms. The van der Waals surface area contributed by atoms with Gasteiger partial charge in [-0.05, 0) is 30.3 Å². The van der Waals surface area contributed by atoms with Gasteiger partial charge in [-0.1, -0.05) is 6.07 Å². The van der Waals surface area contributed by atoms with Crippen LogP contribution in [-0.2, 0) is 0 Å². The van der Waals surface area contributed by atoms with Gasteiger partial charge in [-0.3, -0.25) is 4.79 Å². The van der Waals surface area contributed by atoms with Gasteiger partial charge in [0.1, 0.15) is 0 Å². The van der Waals surface area contributed by atoms with Crippen LogP contribution in [0, 0.1) is 11.6 Å². The van der Waals surface area contributed by atoms with E-state index in [9.17, 15) is 13.6 Å². The van der Waals surface area contributed by atoms with Crippen molar-refractivity contribution in [2.24, 2.45) is 0 Å². The highest BCUT2D eigenvalue weighted by atomic mass is 19.2. The third-order valence-electron chi connectivity index (χ3n) is 2.33. The minimum Gasteiger partial charge on any atom is -0.399 e. The first-order chi connectivity index (χ1) is 8.56. The van der Waals surface area contributed by atoms with Gasteiger partial charge in [-0.15, -0.1) is 0 Å². The first-order valence-electron chi connectivity index (χ1n) is 5.18. The van der Waals surface area contributed by atoms with Gasteiger partial charge < -0.3 is 11.1 Å². The van der Waals surface area contributed by atoms with E-state index in [1.54, 1.807) is 18.2 Å². The van der Waals surface area contributed by atoms with Crippen LogP contribution in [0.2, 0.25) is 0 Å². The molecule has 0 saturated heterocycles. The molecule has 0 saturated carbocycles. The molecule has 0 heterocycles. The van der Waals surface area contributed by atoms with Crippen molar-refractivity contribution in [2.75, 3.05) is 11.1 Å². The Hall–Kier alpha value is -2.43. The third-order valence-corrected chi connectivity index (χ3v) is 2.33. The van der Waals surface area contributed by atoms with Crippen molar-refractivity contribution in [3.8, 4) is 0 Å². The maximum Gasteiger partial charge on any atom is 0.255 e. The average molecular weight is 248 g/mol. The number of hydrogen-bond acceptors (Lipinski definition) is 2. The van der Waals surface area contributed by atoms with E-state index in [1.165, 1.54) is 12.1 Å². The topological polar surface area (TPSA) is 55.1 Å². The molecule has 2 aromatic rings. The third kappa shape index (κ3) is 2.63. The Bertz CT molecular complexity index is 599. The number of nitrogens with one attached hydrogen (secondary N) is 1. The lowest BCUT2D eigenvalue weighted by molar-refractivity contribution is 0.102. The zero-order chi connectivity index (χ0) is 13.1. The van der Waals surface area contributed by atoms with Gasteiger partial charge in [0.15, 0.2) is 11.6 Å². The minimum absolute atomic E-state index is 0.182. The largest absolute Gasteiger partial charge is 0.399 e. The smallest absolute Gasteiger partial charge is 0.255 e. The monoisotopic (exact) mass is 248 g/mol. The summed E-state index contributed by atoms with van der Waals surface area (Å²) in [7, 11) is 0. The Balaban J connectivity index is 2.18. The van der Waals surface area contributed by atoms with Crippen molar-refractivity contribution in [1.29, 1.82) is 0 Å². The maximum atomic E-state index is 12.9. The summed E-state index contributed by atoms with van der Waals surface area (Å²) < 4.78 is 25.7. The summed E-state index contributed by atoms with van der Waals surface area (Å²) in [6.45, 7) is 0. The lowest BCUT2D eigenvalue weighted by Crippen LogP contribution is -2.12. The molecule has 0 aromatic heterocycles. The Morgan fingerprint density at radius 1 is 1.06 bits per heavy atom. The zero-order valence-electron chi connectivity index (χ0n) is 9.28. The molecule has 0 atom stereocenters. The lowest BCUT2D eigenvalue weighted by atomic mass is 10.2. The molecule has 0 spiro atoms. The van der Waals surface area contributed by atoms with Crippen molar-refractivity contribution < 1.29 is 13.6 Å². The average Bonchev–Trinajstić information content (AvgIpc) is 2.34. The van der Waals surface area contributed by atoms with E-state index in [2.05, 4.69) is 5.32 Å². The summed E-state index contributed by atoms with van der Waals surface area (Å²) >= 11 is 0. The maximum absolute atomic E-state index is 12.9. The van der Waals surface area contributed by atoms with Gasteiger partial charge in [0, 0.05) is 23.0 Å². The number of halogens is 2. The van der Waals surface area contributed by atoms with Crippen LogP contribution in [0.1, 0.15) is 10.4 Å². The van der Waals surface area contributed by atoms with Crippen molar-refractivity contribution in [2.45, 2.75) is 0 Å². The Kier molecular flexibility index (Phi) is 3.23. The molecule has 0 fully saturated rings. The molecule has 1 amide bonds. The first kappa shape index (κ1) is 12.0. The molecule has 5 heteroatoms.